The third-order valence-electron chi connectivity index (χ3n) is 4.27. The number of hydrogen-bond acceptors (Lipinski definition) is 5. The van der Waals surface area contributed by atoms with E-state index in [1.807, 2.05) is 48.5 Å². The number of rotatable bonds is 3. The summed E-state index contributed by atoms with van der Waals surface area (Å²) in [6.07, 6.45) is 0.963. The molecule has 2 aliphatic rings. The van der Waals surface area contributed by atoms with Gasteiger partial charge >= 0.3 is 6.16 Å². The molecule has 2 aromatic carbocycles. The van der Waals surface area contributed by atoms with Gasteiger partial charge in [-0.2, -0.15) is 0 Å². The molecule has 0 spiro atoms. The summed E-state index contributed by atoms with van der Waals surface area (Å²) in [5.74, 6) is -1.54. The standard InChI is InChI=1S/C19H13NO5/c21-17-9-10-18(22)20(17)25-19(23)24-11-16-14-7-3-1-5-12(14)13-6-2-4-8-15(13)16/h1-10,16H,11H2. The molecule has 1 aliphatic heterocycles. The van der Waals surface area contributed by atoms with Crippen molar-refractivity contribution in [3.63, 3.8) is 0 Å². The smallest absolute Gasteiger partial charge is 0.432 e. The van der Waals surface area contributed by atoms with Crippen LogP contribution in [0.4, 0.5) is 4.79 Å². The minimum Gasteiger partial charge on any atom is -0.432 e. The molecular weight excluding hydrogens is 322 g/mol. The molecule has 0 unspecified atom stereocenters. The number of carbonyl (C=O) groups excluding carboxylic acids is 3. The van der Waals surface area contributed by atoms with E-state index in [0.29, 0.717) is 5.06 Å². The van der Waals surface area contributed by atoms with Crippen LogP contribution in [0.1, 0.15) is 17.0 Å². The Morgan fingerprint density at radius 3 is 1.96 bits per heavy atom. The summed E-state index contributed by atoms with van der Waals surface area (Å²) in [4.78, 5) is 39.3. The molecule has 0 fully saturated rings. The Balaban J connectivity index is 1.49. The molecule has 0 atom stereocenters. The van der Waals surface area contributed by atoms with E-state index in [1.54, 1.807) is 0 Å². The average molecular weight is 335 g/mol. The highest BCUT2D eigenvalue weighted by molar-refractivity contribution is 6.12. The summed E-state index contributed by atoms with van der Waals surface area (Å²) in [7, 11) is 0. The minimum absolute atomic E-state index is 0.0521. The topological polar surface area (TPSA) is 72.9 Å². The molecule has 124 valence electrons. The van der Waals surface area contributed by atoms with Crippen LogP contribution in [0.25, 0.3) is 11.1 Å². The number of benzene rings is 2. The Bertz CT molecular complexity index is 854. The summed E-state index contributed by atoms with van der Waals surface area (Å²) in [5, 5.41) is 0.374. The van der Waals surface area contributed by atoms with E-state index >= 15 is 0 Å². The molecule has 0 saturated heterocycles. The number of hydroxylamine groups is 2. The maximum Gasteiger partial charge on any atom is 0.534 e. The van der Waals surface area contributed by atoms with Gasteiger partial charge in [0.2, 0.25) is 0 Å². The predicted octanol–water partition coefficient (Wildman–Crippen LogP) is 2.79. The molecule has 1 aliphatic carbocycles. The minimum atomic E-state index is -1.09. The van der Waals surface area contributed by atoms with Crippen LogP contribution in [-0.4, -0.2) is 29.6 Å². The summed E-state index contributed by atoms with van der Waals surface area (Å²) in [5.41, 5.74) is 4.33. The van der Waals surface area contributed by atoms with Crippen molar-refractivity contribution in [2.24, 2.45) is 0 Å². The zero-order valence-corrected chi connectivity index (χ0v) is 13.0. The second-order valence-corrected chi connectivity index (χ2v) is 5.68. The summed E-state index contributed by atoms with van der Waals surface area (Å²) < 4.78 is 5.16. The third-order valence-corrected chi connectivity index (χ3v) is 4.27. The van der Waals surface area contributed by atoms with Crippen molar-refractivity contribution in [2.75, 3.05) is 6.61 Å². The maximum atomic E-state index is 11.9. The summed E-state index contributed by atoms with van der Waals surface area (Å²) in [6, 6.07) is 15.8. The quantitative estimate of drug-likeness (QED) is 0.637. The van der Waals surface area contributed by atoms with Crippen LogP contribution in [-0.2, 0) is 19.2 Å². The molecule has 2 amide bonds. The molecule has 2 aromatic rings. The normalized spacial score (nSPS) is 15.3. The zero-order valence-electron chi connectivity index (χ0n) is 13.0. The number of imide groups is 1. The lowest BCUT2D eigenvalue weighted by Gasteiger charge is -2.16. The molecule has 1 heterocycles. The van der Waals surface area contributed by atoms with Gasteiger partial charge in [-0.1, -0.05) is 53.6 Å². The maximum absolute atomic E-state index is 11.9. The van der Waals surface area contributed by atoms with Crippen molar-refractivity contribution in [1.29, 1.82) is 0 Å². The second-order valence-electron chi connectivity index (χ2n) is 5.68. The largest absolute Gasteiger partial charge is 0.534 e. The Labute approximate surface area is 143 Å². The predicted molar refractivity (Wildman–Crippen MR) is 87.1 cm³/mol. The van der Waals surface area contributed by atoms with Gasteiger partial charge in [0.25, 0.3) is 11.8 Å². The fourth-order valence-corrected chi connectivity index (χ4v) is 3.17. The van der Waals surface area contributed by atoms with Crippen molar-refractivity contribution in [2.45, 2.75) is 5.92 Å². The van der Waals surface area contributed by atoms with Gasteiger partial charge in [0.15, 0.2) is 0 Å². The highest BCUT2D eigenvalue weighted by Crippen LogP contribution is 2.44. The van der Waals surface area contributed by atoms with E-state index in [2.05, 4.69) is 4.84 Å². The molecule has 4 rings (SSSR count). The van der Waals surface area contributed by atoms with Crippen molar-refractivity contribution in [3.8, 4) is 11.1 Å². The van der Waals surface area contributed by atoms with Crippen LogP contribution < -0.4 is 0 Å². The second kappa shape index (κ2) is 5.90. The summed E-state index contributed by atoms with van der Waals surface area (Å²) >= 11 is 0. The number of ether oxygens (including phenoxy) is 1. The van der Waals surface area contributed by atoms with Crippen LogP contribution in [0.3, 0.4) is 0 Å². The highest BCUT2D eigenvalue weighted by Gasteiger charge is 2.31. The first-order valence-electron chi connectivity index (χ1n) is 7.74. The number of hydrogen-bond donors (Lipinski definition) is 0. The first kappa shape index (κ1) is 15.1. The van der Waals surface area contributed by atoms with Crippen molar-refractivity contribution in [3.05, 3.63) is 71.8 Å². The molecule has 0 saturated carbocycles. The monoisotopic (exact) mass is 335 g/mol. The number of nitrogens with zero attached hydrogens (tertiary/aromatic N) is 1. The third kappa shape index (κ3) is 2.57. The fourth-order valence-electron chi connectivity index (χ4n) is 3.17. The van der Waals surface area contributed by atoms with E-state index < -0.39 is 18.0 Å². The molecule has 6 heteroatoms. The van der Waals surface area contributed by atoms with Crippen LogP contribution >= 0.6 is 0 Å². The van der Waals surface area contributed by atoms with E-state index in [0.717, 1.165) is 34.4 Å². The zero-order chi connectivity index (χ0) is 17.4. The highest BCUT2D eigenvalue weighted by atomic mass is 16.8. The summed E-state index contributed by atoms with van der Waals surface area (Å²) in [6.45, 7) is 0.0521. The van der Waals surface area contributed by atoms with Crippen LogP contribution in [0.5, 0.6) is 0 Å². The number of amides is 2. The van der Waals surface area contributed by atoms with E-state index in [1.165, 1.54) is 0 Å². The van der Waals surface area contributed by atoms with Crippen molar-refractivity contribution < 1.29 is 24.0 Å². The Kier molecular flexibility index (Phi) is 3.57. The van der Waals surface area contributed by atoms with Crippen LogP contribution in [0, 0.1) is 0 Å². The van der Waals surface area contributed by atoms with Crippen molar-refractivity contribution >= 4 is 18.0 Å². The Morgan fingerprint density at radius 1 is 0.880 bits per heavy atom. The fraction of sp³-hybridized carbons (Fsp3) is 0.105. The molecule has 0 radical (unpaired) electrons. The Morgan fingerprint density at radius 2 is 1.40 bits per heavy atom. The number of fused-ring (bicyclic) bond motifs is 3. The molecule has 0 bridgehead atoms. The molecule has 25 heavy (non-hydrogen) atoms. The van der Waals surface area contributed by atoms with Gasteiger partial charge in [0.1, 0.15) is 6.61 Å². The SMILES string of the molecule is O=C(OCC1c2ccccc2-c2ccccc21)ON1C(=O)C=CC1=O. The van der Waals surface area contributed by atoms with Gasteiger partial charge < -0.3 is 4.74 Å². The van der Waals surface area contributed by atoms with Crippen LogP contribution in [0.15, 0.2) is 60.7 Å². The van der Waals surface area contributed by atoms with Crippen LogP contribution in [0.2, 0.25) is 0 Å². The van der Waals surface area contributed by atoms with Gasteiger partial charge in [-0.15, -0.1) is 0 Å². The average Bonchev–Trinajstić information content (AvgIpc) is 3.12. The van der Waals surface area contributed by atoms with E-state index in [9.17, 15) is 14.4 Å². The van der Waals surface area contributed by atoms with Crippen molar-refractivity contribution in [1.82, 2.24) is 5.06 Å². The lowest BCUT2D eigenvalue weighted by Crippen LogP contribution is -2.33. The van der Waals surface area contributed by atoms with Gasteiger partial charge in [0.05, 0.1) is 0 Å². The van der Waals surface area contributed by atoms with E-state index in [-0.39, 0.29) is 12.5 Å². The van der Waals surface area contributed by atoms with Gasteiger partial charge in [0, 0.05) is 18.1 Å². The molecule has 6 nitrogen and oxygen atoms in total. The Hall–Kier alpha value is -3.41. The first-order chi connectivity index (χ1) is 12.1. The first-order valence-corrected chi connectivity index (χ1v) is 7.74. The molecule has 0 aromatic heterocycles. The van der Waals surface area contributed by atoms with Gasteiger partial charge in [-0.3, -0.25) is 14.4 Å². The number of carbonyl (C=O) groups is 3. The molecule has 0 N–H and O–H groups in total. The van der Waals surface area contributed by atoms with Gasteiger partial charge in [-0.25, -0.2) is 4.79 Å². The lowest BCUT2D eigenvalue weighted by atomic mass is 9.98. The van der Waals surface area contributed by atoms with Gasteiger partial charge in [-0.05, 0) is 22.3 Å². The van der Waals surface area contributed by atoms with E-state index in [4.69, 9.17) is 4.74 Å². The lowest BCUT2D eigenvalue weighted by molar-refractivity contribution is -0.175. The molecular formula is C19H13NO5.